The molecular formula is C18H18F3N3O3. The van der Waals surface area contributed by atoms with E-state index >= 15 is 0 Å². The minimum absolute atomic E-state index is 0.0581. The minimum atomic E-state index is -4.43. The second-order valence-electron chi connectivity index (χ2n) is 5.78. The molecule has 2 N–H and O–H groups in total. The normalized spacial score (nSPS) is 12.2. The highest BCUT2D eigenvalue weighted by atomic mass is 19.4. The van der Waals surface area contributed by atoms with Gasteiger partial charge in [0.15, 0.2) is 6.61 Å². The van der Waals surface area contributed by atoms with Crippen LogP contribution < -0.4 is 15.4 Å². The van der Waals surface area contributed by atoms with Crippen molar-refractivity contribution in [1.82, 2.24) is 10.3 Å². The van der Waals surface area contributed by atoms with Gasteiger partial charge in [-0.1, -0.05) is 12.1 Å². The fourth-order valence-electron chi connectivity index (χ4n) is 2.22. The third kappa shape index (κ3) is 6.61. The summed E-state index contributed by atoms with van der Waals surface area (Å²) >= 11 is 0. The molecule has 2 amide bonds. The molecule has 1 aromatic carbocycles. The molecule has 0 radical (unpaired) electrons. The van der Waals surface area contributed by atoms with E-state index < -0.39 is 24.7 Å². The minimum Gasteiger partial charge on any atom is -0.484 e. The molecule has 0 aliphatic heterocycles. The summed E-state index contributed by atoms with van der Waals surface area (Å²) in [5.41, 5.74) is 0.865. The Labute approximate surface area is 153 Å². The van der Waals surface area contributed by atoms with Crippen molar-refractivity contribution in [2.24, 2.45) is 0 Å². The molecular weight excluding hydrogens is 363 g/mol. The number of hydrogen-bond acceptors (Lipinski definition) is 4. The maximum atomic E-state index is 12.4. The molecule has 1 heterocycles. The van der Waals surface area contributed by atoms with Gasteiger partial charge >= 0.3 is 6.18 Å². The van der Waals surface area contributed by atoms with Gasteiger partial charge in [-0.2, -0.15) is 13.2 Å². The number of alkyl halides is 3. The number of aromatic nitrogens is 1. The highest BCUT2D eigenvalue weighted by Gasteiger charge is 2.28. The Bertz CT molecular complexity index is 825. The molecule has 6 nitrogen and oxygen atoms in total. The summed E-state index contributed by atoms with van der Waals surface area (Å²) in [5.74, 6) is -0.435. The van der Waals surface area contributed by atoms with Crippen molar-refractivity contribution < 1.29 is 27.5 Å². The molecule has 0 saturated carbocycles. The van der Waals surface area contributed by atoms with Crippen molar-refractivity contribution >= 4 is 17.6 Å². The standard InChI is InChI=1S/C18H18F3N3O3/c1-11(13-4-3-5-15(8-13)27-10-18(19,20)21)23-17(26)14-6-7-22-16(9-14)24-12(2)25/h3-9,11H,10H2,1-2H3,(H,23,26)(H,22,24,25). The first-order valence-corrected chi connectivity index (χ1v) is 7.98. The topological polar surface area (TPSA) is 80.3 Å². The van der Waals surface area contributed by atoms with Crippen LogP contribution in [-0.2, 0) is 4.79 Å². The lowest BCUT2D eigenvalue weighted by atomic mass is 10.1. The average molecular weight is 381 g/mol. The van der Waals surface area contributed by atoms with E-state index in [-0.39, 0.29) is 23.0 Å². The zero-order valence-corrected chi connectivity index (χ0v) is 14.6. The van der Waals surface area contributed by atoms with Crippen molar-refractivity contribution in [1.29, 1.82) is 0 Å². The molecule has 2 aromatic rings. The van der Waals surface area contributed by atoms with Gasteiger partial charge in [0.2, 0.25) is 5.91 Å². The fraction of sp³-hybridized carbons (Fsp3) is 0.278. The van der Waals surface area contributed by atoms with Gasteiger partial charge < -0.3 is 15.4 Å². The monoisotopic (exact) mass is 381 g/mol. The van der Waals surface area contributed by atoms with Crippen molar-refractivity contribution in [3.05, 3.63) is 53.7 Å². The number of nitrogens with zero attached hydrogens (tertiary/aromatic N) is 1. The molecule has 0 aliphatic carbocycles. The molecule has 2 rings (SSSR count). The molecule has 0 spiro atoms. The lowest BCUT2D eigenvalue weighted by Gasteiger charge is -2.16. The number of ether oxygens (including phenoxy) is 1. The maximum absolute atomic E-state index is 12.4. The van der Waals surface area contributed by atoms with Crippen LogP contribution in [0.25, 0.3) is 0 Å². The van der Waals surface area contributed by atoms with Crippen molar-refractivity contribution in [3.8, 4) is 5.75 Å². The number of nitrogens with one attached hydrogen (secondary N) is 2. The van der Waals surface area contributed by atoms with Gasteiger partial charge in [-0.25, -0.2) is 4.98 Å². The number of halogens is 3. The third-order valence-electron chi connectivity index (χ3n) is 3.43. The van der Waals surface area contributed by atoms with E-state index in [1.807, 2.05) is 0 Å². The first-order chi connectivity index (χ1) is 12.6. The van der Waals surface area contributed by atoms with Gasteiger partial charge in [-0.15, -0.1) is 0 Å². The Morgan fingerprint density at radius 3 is 2.63 bits per heavy atom. The molecule has 0 fully saturated rings. The van der Waals surface area contributed by atoms with Crippen LogP contribution in [0, 0.1) is 0 Å². The Balaban J connectivity index is 2.05. The number of pyridine rings is 1. The lowest BCUT2D eigenvalue weighted by Crippen LogP contribution is -2.27. The van der Waals surface area contributed by atoms with E-state index in [2.05, 4.69) is 15.6 Å². The zero-order chi connectivity index (χ0) is 20.0. The van der Waals surface area contributed by atoms with Gasteiger partial charge in [0.05, 0.1) is 6.04 Å². The van der Waals surface area contributed by atoms with Crippen LogP contribution >= 0.6 is 0 Å². The average Bonchev–Trinajstić information content (AvgIpc) is 2.59. The molecule has 27 heavy (non-hydrogen) atoms. The van der Waals surface area contributed by atoms with Gasteiger partial charge in [0.25, 0.3) is 5.91 Å². The summed E-state index contributed by atoms with van der Waals surface area (Å²) in [4.78, 5) is 27.4. The second-order valence-corrected chi connectivity index (χ2v) is 5.78. The largest absolute Gasteiger partial charge is 0.484 e. The summed E-state index contributed by atoms with van der Waals surface area (Å²) < 4.78 is 41.5. The third-order valence-corrected chi connectivity index (χ3v) is 3.43. The van der Waals surface area contributed by atoms with Crippen molar-refractivity contribution in [3.63, 3.8) is 0 Å². The molecule has 9 heteroatoms. The maximum Gasteiger partial charge on any atom is 0.422 e. The lowest BCUT2D eigenvalue weighted by molar-refractivity contribution is -0.153. The van der Waals surface area contributed by atoms with E-state index in [0.717, 1.165) is 0 Å². The Morgan fingerprint density at radius 2 is 1.96 bits per heavy atom. The fourth-order valence-corrected chi connectivity index (χ4v) is 2.22. The molecule has 0 aliphatic rings. The Hall–Kier alpha value is -3.10. The van der Waals surface area contributed by atoms with E-state index in [0.29, 0.717) is 5.56 Å². The zero-order valence-electron chi connectivity index (χ0n) is 14.6. The van der Waals surface area contributed by atoms with Crippen LogP contribution in [0.4, 0.5) is 19.0 Å². The van der Waals surface area contributed by atoms with Crippen LogP contribution in [0.3, 0.4) is 0 Å². The number of hydrogen-bond donors (Lipinski definition) is 2. The first-order valence-electron chi connectivity index (χ1n) is 7.98. The number of benzene rings is 1. The highest BCUT2D eigenvalue weighted by molar-refractivity contribution is 5.96. The predicted octanol–water partition coefficient (Wildman–Crippen LogP) is 3.47. The van der Waals surface area contributed by atoms with E-state index in [1.54, 1.807) is 19.1 Å². The van der Waals surface area contributed by atoms with E-state index in [1.165, 1.54) is 37.4 Å². The van der Waals surface area contributed by atoms with Crippen molar-refractivity contribution in [2.45, 2.75) is 26.1 Å². The number of amides is 2. The SMILES string of the molecule is CC(=O)Nc1cc(C(=O)NC(C)c2cccc(OCC(F)(F)F)c2)ccn1. The highest BCUT2D eigenvalue weighted by Crippen LogP contribution is 2.22. The molecule has 0 bridgehead atoms. The van der Waals surface area contributed by atoms with Gasteiger partial charge in [-0.3, -0.25) is 9.59 Å². The molecule has 1 atom stereocenters. The van der Waals surface area contributed by atoms with Gasteiger partial charge in [0.1, 0.15) is 11.6 Å². The summed E-state index contributed by atoms with van der Waals surface area (Å²) in [5, 5.41) is 5.22. The molecule has 1 aromatic heterocycles. The number of carbonyl (C=O) groups excluding carboxylic acids is 2. The smallest absolute Gasteiger partial charge is 0.422 e. The first kappa shape index (κ1) is 20.2. The van der Waals surface area contributed by atoms with Crippen LogP contribution in [0.2, 0.25) is 0 Å². The van der Waals surface area contributed by atoms with E-state index in [4.69, 9.17) is 4.74 Å². The van der Waals surface area contributed by atoms with Crippen LogP contribution in [0.15, 0.2) is 42.6 Å². The summed E-state index contributed by atoms with van der Waals surface area (Å²) in [6, 6.07) is 8.48. The molecule has 144 valence electrons. The summed E-state index contributed by atoms with van der Waals surface area (Å²) in [6.07, 6.45) is -3.04. The van der Waals surface area contributed by atoms with Crippen molar-refractivity contribution in [2.75, 3.05) is 11.9 Å². The predicted molar refractivity (Wildman–Crippen MR) is 92.4 cm³/mol. The Kier molecular flexibility index (Phi) is 6.38. The quantitative estimate of drug-likeness (QED) is 0.803. The molecule has 0 saturated heterocycles. The van der Waals surface area contributed by atoms with Crippen LogP contribution in [0.5, 0.6) is 5.75 Å². The van der Waals surface area contributed by atoms with E-state index in [9.17, 15) is 22.8 Å². The number of rotatable bonds is 6. The Morgan fingerprint density at radius 1 is 1.22 bits per heavy atom. The molecule has 1 unspecified atom stereocenters. The number of carbonyl (C=O) groups is 2. The number of anilines is 1. The second kappa shape index (κ2) is 8.52. The van der Waals surface area contributed by atoms with Crippen LogP contribution in [-0.4, -0.2) is 29.6 Å². The summed E-state index contributed by atoms with van der Waals surface area (Å²) in [7, 11) is 0. The van der Waals surface area contributed by atoms with Gasteiger partial charge in [-0.05, 0) is 36.8 Å². The van der Waals surface area contributed by atoms with Gasteiger partial charge in [0, 0.05) is 18.7 Å². The summed E-state index contributed by atoms with van der Waals surface area (Å²) in [6.45, 7) is 1.63. The van der Waals surface area contributed by atoms with Crippen LogP contribution in [0.1, 0.15) is 35.8 Å².